The van der Waals surface area contributed by atoms with Gasteiger partial charge in [0.2, 0.25) is 0 Å². The number of aromatic carboxylic acids is 2. The number of aromatic nitrogens is 1. The normalized spacial score (nSPS) is 15.4. The van der Waals surface area contributed by atoms with Crippen molar-refractivity contribution in [2.24, 2.45) is 10.1 Å². The zero-order chi connectivity index (χ0) is 24.5. The van der Waals surface area contributed by atoms with Gasteiger partial charge in [0.05, 0.1) is 33.3 Å². The molecule has 4 N–H and O–H groups in total. The van der Waals surface area contributed by atoms with Crippen molar-refractivity contribution in [3.8, 4) is 0 Å². The molecule has 0 bridgehead atoms. The summed E-state index contributed by atoms with van der Waals surface area (Å²) >= 11 is 0. The number of benzene rings is 1. The number of hydrazone groups is 1. The highest BCUT2D eigenvalue weighted by atomic mass is 32.2. The number of aliphatic hydroxyl groups excluding tert-OH is 1. The van der Waals surface area contributed by atoms with Gasteiger partial charge in [-0.1, -0.05) is 0 Å². The van der Waals surface area contributed by atoms with E-state index in [4.69, 9.17) is 4.55 Å². The molecule has 3 rings (SSSR count). The molecule has 1 aromatic carbocycles. The van der Waals surface area contributed by atoms with Crippen LogP contribution >= 0.6 is 0 Å². The maximum Gasteiger partial charge on any atom is 0.337 e. The molecule has 0 fully saturated rings. The van der Waals surface area contributed by atoms with Crippen molar-refractivity contribution in [1.29, 1.82) is 0 Å². The smallest absolute Gasteiger partial charge is 0.337 e. The quantitative estimate of drug-likeness (QED) is 0.239. The van der Waals surface area contributed by atoms with E-state index in [1.54, 1.807) is 0 Å². The summed E-state index contributed by atoms with van der Waals surface area (Å²) in [6.45, 7) is 1.39. The molecule has 13 nitrogen and oxygen atoms in total. The molecule has 0 saturated heterocycles. The third-order valence-corrected chi connectivity index (χ3v) is 5.28. The van der Waals surface area contributed by atoms with Gasteiger partial charge in [-0.05, 0) is 31.2 Å². The summed E-state index contributed by atoms with van der Waals surface area (Å²) in [5.41, 5.74) is 0.981. The molecule has 0 radical (unpaired) electrons. The van der Waals surface area contributed by atoms with Gasteiger partial charge in [-0.3, -0.25) is 14.8 Å². The predicted molar refractivity (Wildman–Crippen MR) is 109 cm³/mol. The number of carboxylic acids is 2. The fraction of sp³-hybridized carbons (Fsp3) is 0.0526. The van der Waals surface area contributed by atoms with Gasteiger partial charge in [-0.2, -0.15) is 23.1 Å². The second-order valence-electron chi connectivity index (χ2n) is 6.56. The average molecular weight is 474 g/mol. The number of carboxylic acid groups (broad SMARTS) is 2. The third-order valence-electron chi connectivity index (χ3n) is 4.43. The molecule has 33 heavy (non-hydrogen) atoms. The molecule has 0 aliphatic carbocycles. The first-order valence-corrected chi connectivity index (χ1v) is 10.3. The highest BCUT2D eigenvalue weighted by Crippen LogP contribution is 2.22. The largest absolute Gasteiger partial charge is 0.545 e. The SMILES string of the molecule is CC1=C([n+]2cccc(C(=O)[O-])c2)C(O)=NC(=O)/C1=N\Nc1ccc(S(=O)(=O)O)cc1C(=O)O. The Kier molecular flexibility index (Phi) is 6.06. The minimum absolute atomic E-state index is 0.0620. The van der Waals surface area contributed by atoms with E-state index in [-0.39, 0.29) is 28.2 Å². The van der Waals surface area contributed by atoms with Crippen LogP contribution in [0.3, 0.4) is 0 Å². The lowest BCUT2D eigenvalue weighted by atomic mass is 10.1. The number of carbonyl (C=O) groups is 3. The number of dihydropyridines is 1. The summed E-state index contributed by atoms with van der Waals surface area (Å²) in [4.78, 5) is 37.7. The Morgan fingerprint density at radius 2 is 1.94 bits per heavy atom. The van der Waals surface area contributed by atoms with E-state index in [0.29, 0.717) is 6.07 Å². The van der Waals surface area contributed by atoms with Crippen LogP contribution < -0.4 is 15.1 Å². The van der Waals surface area contributed by atoms with E-state index in [1.165, 1.54) is 29.8 Å². The zero-order valence-corrected chi connectivity index (χ0v) is 17.4. The van der Waals surface area contributed by atoms with Crippen LogP contribution in [-0.4, -0.2) is 52.6 Å². The first-order chi connectivity index (χ1) is 15.4. The summed E-state index contributed by atoms with van der Waals surface area (Å²) in [6, 6.07) is 5.25. The summed E-state index contributed by atoms with van der Waals surface area (Å²) in [6.07, 6.45) is 2.51. The monoisotopic (exact) mass is 474 g/mol. The van der Waals surface area contributed by atoms with Crippen LogP contribution in [0.2, 0.25) is 0 Å². The van der Waals surface area contributed by atoms with Gasteiger partial charge in [0.1, 0.15) is 0 Å². The third kappa shape index (κ3) is 4.76. The van der Waals surface area contributed by atoms with Crippen molar-refractivity contribution in [2.45, 2.75) is 11.8 Å². The number of pyridine rings is 1. The van der Waals surface area contributed by atoms with Crippen LogP contribution in [0.15, 0.2) is 63.3 Å². The number of aliphatic imine (C=N–C) groups is 1. The Bertz CT molecular complexity index is 1410. The van der Waals surface area contributed by atoms with Gasteiger partial charge in [-0.15, -0.1) is 0 Å². The number of nitrogens with one attached hydrogen (secondary N) is 1. The minimum Gasteiger partial charge on any atom is -0.545 e. The van der Waals surface area contributed by atoms with Gasteiger partial charge < -0.3 is 20.1 Å². The summed E-state index contributed by atoms with van der Waals surface area (Å²) in [5, 5.41) is 34.5. The first-order valence-electron chi connectivity index (χ1n) is 8.85. The lowest BCUT2D eigenvalue weighted by Crippen LogP contribution is -2.42. The molecule has 1 aliphatic heterocycles. The molecule has 1 aromatic heterocycles. The Labute approximate surface area is 185 Å². The van der Waals surface area contributed by atoms with Crippen molar-refractivity contribution in [3.05, 3.63) is 59.4 Å². The number of hydrogen-bond donors (Lipinski definition) is 4. The fourth-order valence-electron chi connectivity index (χ4n) is 2.89. The standard InChI is InChI=1S/C19H14N4O9S/c1-9-14(22-21-13-5-4-11(33(30,31)32)7-12(13)19(28)29)16(24)20-17(25)15(9)23-6-2-3-10(8-23)18(26)27/h2-8H,1H3,(H4-,20,21,24,25,26,27,28,29,30,31,32). The maximum atomic E-state index is 12.3. The maximum absolute atomic E-state index is 12.3. The Hall–Kier alpha value is -4.43. The predicted octanol–water partition coefficient (Wildman–Crippen LogP) is -0.522. The number of aliphatic hydroxyl groups is 1. The van der Waals surface area contributed by atoms with E-state index in [0.717, 1.165) is 18.3 Å². The highest BCUT2D eigenvalue weighted by Gasteiger charge is 2.33. The molecular weight excluding hydrogens is 460 g/mol. The highest BCUT2D eigenvalue weighted by molar-refractivity contribution is 7.85. The summed E-state index contributed by atoms with van der Waals surface area (Å²) in [5.74, 6) is -4.71. The number of rotatable bonds is 6. The average Bonchev–Trinajstić information content (AvgIpc) is 2.72. The van der Waals surface area contributed by atoms with Gasteiger partial charge >= 0.3 is 11.9 Å². The van der Waals surface area contributed by atoms with Crippen molar-refractivity contribution < 1.29 is 47.2 Å². The molecule has 1 aliphatic rings. The molecule has 2 heterocycles. The van der Waals surface area contributed by atoms with E-state index in [9.17, 15) is 38.1 Å². The zero-order valence-electron chi connectivity index (χ0n) is 16.6. The molecule has 0 atom stereocenters. The lowest BCUT2D eigenvalue weighted by Gasteiger charge is -2.13. The molecule has 2 aromatic rings. The first kappa shape index (κ1) is 23.2. The van der Waals surface area contributed by atoms with Gasteiger partial charge in [0, 0.05) is 6.07 Å². The fourth-order valence-corrected chi connectivity index (χ4v) is 3.40. The number of carbonyl (C=O) groups excluding carboxylic acids is 2. The van der Waals surface area contributed by atoms with Crippen LogP contribution in [0.1, 0.15) is 27.6 Å². The molecule has 1 amide bonds. The summed E-state index contributed by atoms with van der Waals surface area (Å²) < 4.78 is 32.8. The van der Waals surface area contributed by atoms with E-state index >= 15 is 0 Å². The second kappa shape index (κ2) is 8.60. The molecule has 170 valence electrons. The van der Waals surface area contributed by atoms with Gasteiger partial charge in [0.15, 0.2) is 18.1 Å². The van der Waals surface area contributed by atoms with Crippen molar-refractivity contribution in [2.75, 3.05) is 5.43 Å². The Morgan fingerprint density at radius 1 is 1.24 bits per heavy atom. The molecule has 0 spiro atoms. The van der Waals surface area contributed by atoms with Crippen molar-refractivity contribution in [3.63, 3.8) is 0 Å². The van der Waals surface area contributed by atoms with Crippen molar-refractivity contribution >= 4 is 51.0 Å². The molecule has 0 saturated carbocycles. The Morgan fingerprint density at radius 3 is 2.55 bits per heavy atom. The van der Waals surface area contributed by atoms with E-state index < -0.39 is 44.3 Å². The van der Waals surface area contributed by atoms with Gasteiger partial charge in [0.25, 0.3) is 21.7 Å². The second-order valence-corrected chi connectivity index (χ2v) is 7.98. The minimum atomic E-state index is -4.67. The Balaban J connectivity index is 2.07. The molecular formula is C19H14N4O9S. The van der Waals surface area contributed by atoms with Crippen LogP contribution in [-0.2, 0) is 14.9 Å². The van der Waals surface area contributed by atoms with Crippen LogP contribution in [0, 0.1) is 0 Å². The number of nitrogens with zero attached hydrogens (tertiary/aromatic N) is 3. The molecule has 14 heteroatoms. The van der Waals surface area contributed by atoms with Crippen LogP contribution in [0.25, 0.3) is 5.70 Å². The number of anilines is 1. The van der Waals surface area contributed by atoms with Crippen molar-refractivity contribution in [1.82, 2.24) is 0 Å². The lowest BCUT2D eigenvalue weighted by molar-refractivity contribution is -0.577. The molecule has 0 unspecified atom stereocenters. The van der Waals surface area contributed by atoms with Crippen LogP contribution in [0.5, 0.6) is 0 Å². The van der Waals surface area contributed by atoms with E-state index in [2.05, 4.69) is 15.5 Å². The number of hydrogen-bond acceptors (Lipinski definition) is 8. The topological polar surface area (TPSA) is 210 Å². The van der Waals surface area contributed by atoms with Crippen LogP contribution in [0.4, 0.5) is 5.69 Å². The van der Waals surface area contributed by atoms with E-state index in [1.807, 2.05) is 0 Å². The summed E-state index contributed by atoms with van der Waals surface area (Å²) in [7, 11) is -4.67. The number of amides is 1. The van der Waals surface area contributed by atoms with Gasteiger partial charge in [-0.25, -0.2) is 4.79 Å².